The first-order chi connectivity index (χ1) is 3.31. The van der Waals surface area contributed by atoms with Crippen molar-refractivity contribution in [2.75, 3.05) is 6.54 Å². The molecule has 0 saturated carbocycles. The van der Waals surface area contributed by atoms with Crippen molar-refractivity contribution in [1.29, 1.82) is 5.26 Å². The molecule has 0 amide bonds. The van der Waals surface area contributed by atoms with Crippen LogP contribution in [0.3, 0.4) is 0 Å². The molecule has 0 aromatic rings. The van der Waals surface area contributed by atoms with Gasteiger partial charge in [0.15, 0.2) is 0 Å². The summed E-state index contributed by atoms with van der Waals surface area (Å²) >= 11 is 0. The predicted octanol–water partition coefficient (Wildman–Crippen LogP) is -0.572. The number of carbonyl (C=O) groups excluding carboxylic acids is 1. The van der Waals surface area contributed by atoms with Gasteiger partial charge in [-0.15, -0.1) is 0 Å². The van der Waals surface area contributed by atoms with Gasteiger partial charge in [-0.1, -0.05) is 0 Å². The number of hydrogen-bond donors (Lipinski definition) is 1. The highest BCUT2D eigenvalue weighted by molar-refractivity contribution is 5.93. The van der Waals surface area contributed by atoms with E-state index in [1.54, 1.807) is 0 Å². The fraction of sp³-hybridized carbons (Fsp3) is 0.500. The van der Waals surface area contributed by atoms with Crippen LogP contribution in [-0.2, 0) is 4.79 Å². The molecule has 0 heterocycles. The molecule has 0 rings (SSSR count). The maximum Gasteiger partial charge on any atom is 0.233 e. The standard InChI is InChI=1S/C4H6N2O/c5-2-1-4(7)3-6/h1-2,5H2. The summed E-state index contributed by atoms with van der Waals surface area (Å²) in [6.45, 7) is 0.270. The van der Waals surface area contributed by atoms with Gasteiger partial charge in [-0.25, -0.2) is 0 Å². The molecule has 0 aliphatic rings. The van der Waals surface area contributed by atoms with Crippen LogP contribution in [0.2, 0.25) is 0 Å². The van der Waals surface area contributed by atoms with E-state index in [1.165, 1.54) is 6.07 Å². The van der Waals surface area contributed by atoms with E-state index in [-0.39, 0.29) is 13.0 Å². The predicted molar refractivity (Wildman–Crippen MR) is 24.3 cm³/mol. The van der Waals surface area contributed by atoms with Crippen molar-refractivity contribution in [2.24, 2.45) is 5.73 Å². The zero-order chi connectivity index (χ0) is 5.70. The first-order valence-electron chi connectivity index (χ1n) is 1.94. The minimum atomic E-state index is -0.442. The Morgan fingerprint density at radius 1 is 1.86 bits per heavy atom. The van der Waals surface area contributed by atoms with Crippen molar-refractivity contribution in [1.82, 2.24) is 0 Å². The van der Waals surface area contributed by atoms with Gasteiger partial charge in [0.1, 0.15) is 6.07 Å². The van der Waals surface area contributed by atoms with Crippen molar-refractivity contribution >= 4 is 5.78 Å². The summed E-state index contributed by atoms with van der Waals surface area (Å²) in [5.74, 6) is -0.442. The molecule has 0 spiro atoms. The van der Waals surface area contributed by atoms with Gasteiger partial charge in [-0.05, 0) is 0 Å². The quantitative estimate of drug-likeness (QED) is 0.470. The Kier molecular flexibility index (Phi) is 2.90. The van der Waals surface area contributed by atoms with Crippen molar-refractivity contribution in [3.05, 3.63) is 0 Å². The van der Waals surface area contributed by atoms with Gasteiger partial charge >= 0.3 is 0 Å². The monoisotopic (exact) mass is 98.0 g/mol. The van der Waals surface area contributed by atoms with Crippen LogP contribution in [0.4, 0.5) is 0 Å². The Labute approximate surface area is 41.7 Å². The molecule has 0 bridgehead atoms. The lowest BCUT2D eigenvalue weighted by Gasteiger charge is -1.78. The number of nitrogens with zero attached hydrogens (tertiary/aromatic N) is 1. The molecular formula is C4H6N2O. The molecule has 38 valence electrons. The molecule has 0 aromatic heterocycles. The van der Waals surface area contributed by atoms with Crippen LogP contribution >= 0.6 is 0 Å². The molecule has 7 heavy (non-hydrogen) atoms. The molecule has 0 fully saturated rings. The van der Waals surface area contributed by atoms with Crippen LogP contribution in [0.1, 0.15) is 6.42 Å². The van der Waals surface area contributed by atoms with E-state index < -0.39 is 5.78 Å². The zero-order valence-electron chi connectivity index (χ0n) is 3.85. The fourth-order valence-electron chi connectivity index (χ4n) is 0.187. The zero-order valence-corrected chi connectivity index (χ0v) is 3.85. The number of rotatable bonds is 2. The number of nitriles is 1. The van der Waals surface area contributed by atoms with Gasteiger partial charge in [-0.3, -0.25) is 4.79 Å². The first-order valence-corrected chi connectivity index (χ1v) is 1.94. The molecule has 0 aliphatic heterocycles. The van der Waals surface area contributed by atoms with Crippen molar-refractivity contribution < 1.29 is 4.79 Å². The summed E-state index contributed by atoms with van der Waals surface area (Å²) < 4.78 is 0. The highest BCUT2D eigenvalue weighted by Crippen LogP contribution is 1.72. The second-order valence-corrected chi connectivity index (χ2v) is 1.07. The number of carbonyl (C=O) groups is 1. The SMILES string of the molecule is N#CC(=O)CCN. The van der Waals surface area contributed by atoms with Gasteiger partial charge in [0.25, 0.3) is 0 Å². The molecule has 0 atom stereocenters. The first kappa shape index (κ1) is 6.12. The fourth-order valence-corrected chi connectivity index (χ4v) is 0.187. The molecule has 0 aromatic carbocycles. The van der Waals surface area contributed by atoms with Crippen LogP contribution in [0.25, 0.3) is 0 Å². The lowest BCUT2D eigenvalue weighted by Crippen LogP contribution is -2.04. The summed E-state index contributed by atoms with van der Waals surface area (Å²) in [6.07, 6.45) is 0.177. The number of ketones is 1. The molecule has 0 unspecified atom stereocenters. The highest BCUT2D eigenvalue weighted by atomic mass is 16.1. The maximum absolute atomic E-state index is 9.97. The Hall–Kier alpha value is -0.880. The lowest BCUT2D eigenvalue weighted by atomic mass is 10.3. The van der Waals surface area contributed by atoms with Gasteiger partial charge in [0, 0.05) is 13.0 Å². The molecule has 2 N–H and O–H groups in total. The van der Waals surface area contributed by atoms with Crippen LogP contribution < -0.4 is 5.73 Å². The summed E-state index contributed by atoms with van der Waals surface area (Å²) in [4.78, 5) is 9.97. The summed E-state index contributed by atoms with van der Waals surface area (Å²) in [5, 5.41) is 7.81. The van der Waals surface area contributed by atoms with E-state index in [2.05, 4.69) is 0 Å². The van der Waals surface area contributed by atoms with E-state index in [4.69, 9.17) is 11.0 Å². The van der Waals surface area contributed by atoms with Gasteiger partial charge in [0.2, 0.25) is 5.78 Å². The molecule has 0 saturated heterocycles. The van der Waals surface area contributed by atoms with Crippen molar-refractivity contribution in [2.45, 2.75) is 6.42 Å². The minimum absolute atomic E-state index is 0.177. The smallest absolute Gasteiger partial charge is 0.233 e. The summed E-state index contributed by atoms with van der Waals surface area (Å²) in [7, 11) is 0. The number of hydrogen-bond acceptors (Lipinski definition) is 3. The Morgan fingerprint density at radius 3 is 2.57 bits per heavy atom. The maximum atomic E-state index is 9.97. The Morgan fingerprint density at radius 2 is 2.43 bits per heavy atom. The summed E-state index contributed by atoms with van der Waals surface area (Å²) in [5.41, 5.74) is 4.93. The minimum Gasteiger partial charge on any atom is -0.330 e. The molecule has 0 aliphatic carbocycles. The van der Waals surface area contributed by atoms with Crippen molar-refractivity contribution in [3.8, 4) is 6.07 Å². The Balaban J connectivity index is 3.24. The van der Waals surface area contributed by atoms with Gasteiger partial charge < -0.3 is 5.73 Å². The molecule has 0 radical (unpaired) electrons. The second kappa shape index (κ2) is 3.32. The average Bonchev–Trinajstić information content (AvgIpc) is 1.68. The lowest BCUT2D eigenvalue weighted by molar-refractivity contribution is -0.113. The normalized spacial score (nSPS) is 7.43. The van der Waals surface area contributed by atoms with Gasteiger partial charge in [-0.2, -0.15) is 5.26 Å². The topological polar surface area (TPSA) is 66.9 Å². The highest BCUT2D eigenvalue weighted by Gasteiger charge is 1.92. The van der Waals surface area contributed by atoms with E-state index in [0.717, 1.165) is 0 Å². The van der Waals surface area contributed by atoms with E-state index in [0.29, 0.717) is 0 Å². The number of Topliss-reactive ketones (excluding diaryl/α,β-unsaturated/α-hetero) is 1. The summed E-state index contributed by atoms with van der Waals surface area (Å²) in [6, 6.07) is 1.45. The van der Waals surface area contributed by atoms with Gasteiger partial charge in [0.05, 0.1) is 0 Å². The van der Waals surface area contributed by atoms with E-state index in [9.17, 15) is 4.79 Å². The molecule has 3 nitrogen and oxygen atoms in total. The molecule has 3 heteroatoms. The van der Waals surface area contributed by atoms with Crippen LogP contribution in [0.5, 0.6) is 0 Å². The molecular weight excluding hydrogens is 92.1 g/mol. The van der Waals surface area contributed by atoms with E-state index >= 15 is 0 Å². The third-order valence-electron chi connectivity index (χ3n) is 0.496. The van der Waals surface area contributed by atoms with Crippen LogP contribution in [0, 0.1) is 11.3 Å². The largest absolute Gasteiger partial charge is 0.330 e. The van der Waals surface area contributed by atoms with Crippen LogP contribution in [0.15, 0.2) is 0 Å². The third-order valence-corrected chi connectivity index (χ3v) is 0.496. The van der Waals surface area contributed by atoms with Crippen molar-refractivity contribution in [3.63, 3.8) is 0 Å². The van der Waals surface area contributed by atoms with Crippen LogP contribution in [-0.4, -0.2) is 12.3 Å². The average molecular weight is 98.1 g/mol. The second-order valence-electron chi connectivity index (χ2n) is 1.07. The third kappa shape index (κ3) is 2.94. The number of nitrogens with two attached hydrogens (primary N) is 1. The Bertz CT molecular complexity index is 103. The van der Waals surface area contributed by atoms with E-state index in [1.807, 2.05) is 0 Å².